The van der Waals surface area contributed by atoms with E-state index < -0.39 is 6.04 Å². The Morgan fingerprint density at radius 1 is 1.16 bits per heavy atom. The van der Waals surface area contributed by atoms with Crippen molar-refractivity contribution in [2.75, 3.05) is 6.54 Å². The van der Waals surface area contributed by atoms with Crippen LogP contribution in [0.5, 0.6) is 0 Å². The normalized spacial score (nSPS) is 15.8. The van der Waals surface area contributed by atoms with Gasteiger partial charge in [0, 0.05) is 43.5 Å². The predicted molar refractivity (Wildman–Crippen MR) is 113 cm³/mol. The van der Waals surface area contributed by atoms with E-state index in [2.05, 4.69) is 30.2 Å². The fourth-order valence-corrected chi connectivity index (χ4v) is 4.13. The molecule has 1 aromatic carbocycles. The molecule has 1 aliphatic heterocycles. The van der Waals surface area contributed by atoms with Gasteiger partial charge in [0.15, 0.2) is 0 Å². The fourth-order valence-electron chi connectivity index (χ4n) is 4.13. The largest absolute Gasteiger partial charge is 0.412 e. The van der Waals surface area contributed by atoms with Gasteiger partial charge in [0.2, 0.25) is 0 Å². The average molecular weight is 426 g/mol. The lowest BCUT2D eigenvalue weighted by Gasteiger charge is -2.33. The van der Waals surface area contributed by atoms with Crippen molar-refractivity contribution in [1.29, 1.82) is 0 Å². The van der Waals surface area contributed by atoms with Gasteiger partial charge < -0.3 is 14.3 Å². The van der Waals surface area contributed by atoms with Crippen LogP contribution in [0.1, 0.15) is 33.8 Å². The number of aromatic amines is 1. The molecule has 158 valence electrons. The highest BCUT2D eigenvalue weighted by Gasteiger charge is 2.37. The number of imidazole rings is 1. The highest BCUT2D eigenvalue weighted by molar-refractivity contribution is 5.91. The number of hydrogen-bond acceptors (Lipinski definition) is 7. The number of aryl methyl sites for hydroxylation is 1. The summed E-state index contributed by atoms with van der Waals surface area (Å²) in [4.78, 5) is 27.5. The van der Waals surface area contributed by atoms with Gasteiger partial charge in [-0.1, -0.05) is 24.3 Å². The summed E-state index contributed by atoms with van der Waals surface area (Å²) in [6.07, 6.45) is 7.48. The summed E-state index contributed by atoms with van der Waals surface area (Å²) in [5.74, 6) is -0.186. The Morgan fingerprint density at radius 2 is 2.03 bits per heavy atom. The molecule has 32 heavy (non-hydrogen) atoms. The van der Waals surface area contributed by atoms with Crippen LogP contribution in [0.25, 0.3) is 22.2 Å². The van der Waals surface area contributed by atoms with Crippen LogP contribution in [0.3, 0.4) is 0 Å². The first kappa shape index (κ1) is 18.4. The molecule has 10 heteroatoms. The number of pyridine rings is 1. The van der Waals surface area contributed by atoms with E-state index in [1.807, 2.05) is 36.5 Å². The van der Waals surface area contributed by atoms with Crippen molar-refractivity contribution < 1.29 is 9.21 Å². The van der Waals surface area contributed by atoms with Crippen LogP contribution in [0, 0.1) is 0 Å². The Bertz CT molecular complexity index is 1450. The quantitative estimate of drug-likeness (QED) is 0.471. The molecular weight excluding hydrogens is 408 g/mol. The van der Waals surface area contributed by atoms with E-state index in [4.69, 9.17) is 4.42 Å². The predicted octanol–water partition coefficient (Wildman–Crippen LogP) is 2.53. The topological polar surface area (TPSA) is 119 Å². The van der Waals surface area contributed by atoms with E-state index in [1.54, 1.807) is 35.4 Å². The van der Waals surface area contributed by atoms with Gasteiger partial charge in [-0.3, -0.25) is 14.5 Å². The summed E-state index contributed by atoms with van der Waals surface area (Å²) in [6.45, 7) is 0.470. The van der Waals surface area contributed by atoms with Crippen LogP contribution >= 0.6 is 0 Å². The van der Waals surface area contributed by atoms with E-state index >= 15 is 0 Å². The van der Waals surface area contributed by atoms with E-state index in [1.165, 1.54) is 0 Å². The summed E-state index contributed by atoms with van der Waals surface area (Å²) < 4.78 is 7.34. The van der Waals surface area contributed by atoms with E-state index in [0.717, 1.165) is 27.9 Å². The second-order valence-electron chi connectivity index (χ2n) is 7.69. The molecule has 0 unspecified atom stereocenters. The molecule has 0 aliphatic carbocycles. The lowest BCUT2D eigenvalue weighted by molar-refractivity contribution is 0.0647. The molecule has 0 fully saturated rings. The monoisotopic (exact) mass is 426 g/mol. The minimum Gasteiger partial charge on any atom is -0.412 e. The van der Waals surface area contributed by atoms with Crippen LogP contribution in [-0.4, -0.2) is 52.3 Å². The van der Waals surface area contributed by atoms with Gasteiger partial charge in [-0.15, -0.1) is 10.2 Å². The summed E-state index contributed by atoms with van der Waals surface area (Å²) in [6, 6.07) is 9.53. The molecule has 4 aromatic heterocycles. The number of carbonyl (C=O) groups excluding carboxylic acids is 1. The van der Waals surface area contributed by atoms with Crippen LogP contribution in [0.15, 0.2) is 59.7 Å². The first-order chi connectivity index (χ1) is 15.7. The average Bonchev–Trinajstić information content (AvgIpc) is 3.58. The first-order valence-corrected chi connectivity index (χ1v) is 10.2. The molecule has 0 spiro atoms. The molecule has 10 nitrogen and oxygen atoms in total. The SMILES string of the molecule is Cn1cc(-c2nnc(C(=O)N3CCc4[nH]cnc4[C@H]3c3cc4ccccc4cn3)o2)cn1. The third-order valence-electron chi connectivity index (χ3n) is 5.68. The molecule has 6 rings (SSSR count). The molecule has 0 saturated heterocycles. The number of rotatable bonds is 3. The van der Waals surface area contributed by atoms with Crippen molar-refractivity contribution in [3.05, 3.63) is 78.2 Å². The Labute approximate surface area is 181 Å². The van der Waals surface area contributed by atoms with E-state index in [9.17, 15) is 4.79 Å². The third-order valence-corrected chi connectivity index (χ3v) is 5.68. The molecule has 0 bridgehead atoms. The second kappa shape index (κ2) is 7.12. The van der Waals surface area contributed by atoms with Crippen molar-refractivity contribution in [2.24, 2.45) is 7.05 Å². The summed E-state index contributed by atoms with van der Waals surface area (Å²) in [5, 5.41) is 14.2. The lowest BCUT2D eigenvalue weighted by atomic mass is 9.98. The van der Waals surface area contributed by atoms with Crippen LogP contribution in [0.2, 0.25) is 0 Å². The number of fused-ring (bicyclic) bond motifs is 2. The molecule has 1 atom stereocenters. The number of hydrogen-bond donors (Lipinski definition) is 1. The number of nitrogens with zero attached hydrogens (tertiary/aromatic N) is 7. The minimum atomic E-state index is -0.462. The molecule has 0 radical (unpaired) electrons. The second-order valence-corrected chi connectivity index (χ2v) is 7.69. The summed E-state index contributed by atoms with van der Waals surface area (Å²) in [7, 11) is 1.79. The van der Waals surface area contributed by atoms with E-state index in [-0.39, 0.29) is 17.7 Å². The highest BCUT2D eigenvalue weighted by atomic mass is 16.4. The standard InChI is InChI=1S/C22H18N8O2/c1-29-11-15(10-26-29)20-27-28-21(32-20)22(31)30-7-6-16-18(25-12-24-16)19(30)17-8-13-4-2-3-5-14(13)9-23-17/h2-5,8-12,19H,6-7H2,1H3,(H,24,25)/t19-/m1/s1. The number of H-pyrrole nitrogens is 1. The van der Waals surface area contributed by atoms with Gasteiger partial charge >= 0.3 is 11.8 Å². The smallest absolute Gasteiger partial charge is 0.312 e. The van der Waals surface area contributed by atoms with Gasteiger partial charge in [-0.2, -0.15) is 5.10 Å². The van der Waals surface area contributed by atoms with Crippen molar-refractivity contribution >= 4 is 16.7 Å². The molecule has 1 amide bonds. The van der Waals surface area contributed by atoms with Crippen molar-refractivity contribution in [3.8, 4) is 11.5 Å². The summed E-state index contributed by atoms with van der Waals surface area (Å²) >= 11 is 0. The van der Waals surface area contributed by atoms with Gasteiger partial charge in [-0.05, 0) is 11.5 Å². The van der Waals surface area contributed by atoms with Gasteiger partial charge in [-0.25, -0.2) is 4.98 Å². The fraction of sp³-hybridized carbons (Fsp3) is 0.182. The molecule has 1 N–H and O–H groups in total. The van der Waals surface area contributed by atoms with Crippen LogP contribution in [-0.2, 0) is 13.5 Å². The zero-order valence-electron chi connectivity index (χ0n) is 17.1. The number of aromatic nitrogens is 7. The zero-order chi connectivity index (χ0) is 21.7. The molecular formula is C22H18N8O2. The Balaban J connectivity index is 1.40. The Morgan fingerprint density at radius 3 is 2.88 bits per heavy atom. The van der Waals surface area contributed by atoms with Crippen molar-refractivity contribution in [1.82, 2.24) is 39.8 Å². The zero-order valence-corrected chi connectivity index (χ0v) is 17.1. The maximum atomic E-state index is 13.5. The molecule has 0 saturated carbocycles. The number of benzene rings is 1. The number of amides is 1. The van der Waals surface area contributed by atoms with Crippen molar-refractivity contribution in [3.63, 3.8) is 0 Å². The maximum absolute atomic E-state index is 13.5. The highest BCUT2D eigenvalue weighted by Crippen LogP contribution is 2.34. The molecule has 5 aromatic rings. The first-order valence-electron chi connectivity index (χ1n) is 10.2. The lowest BCUT2D eigenvalue weighted by Crippen LogP contribution is -2.41. The van der Waals surface area contributed by atoms with Crippen molar-refractivity contribution in [2.45, 2.75) is 12.5 Å². The van der Waals surface area contributed by atoms with Gasteiger partial charge in [0.1, 0.15) is 6.04 Å². The van der Waals surface area contributed by atoms with Gasteiger partial charge in [0.05, 0.1) is 29.5 Å². The van der Waals surface area contributed by atoms with Crippen LogP contribution in [0.4, 0.5) is 0 Å². The molecule has 5 heterocycles. The minimum absolute atomic E-state index is 0.0753. The molecule has 1 aliphatic rings. The van der Waals surface area contributed by atoms with Gasteiger partial charge in [0.25, 0.3) is 5.89 Å². The number of carbonyl (C=O) groups is 1. The Kier molecular flexibility index (Phi) is 4.10. The third kappa shape index (κ3) is 2.96. The Hall–Kier alpha value is -4.34. The van der Waals surface area contributed by atoms with Crippen LogP contribution < -0.4 is 0 Å². The van der Waals surface area contributed by atoms with E-state index in [0.29, 0.717) is 18.5 Å². The summed E-state index contributed by atoms with van der Waals surface area (Å²) in [5.41, 5.74) is 3.16. The number of nitrogens with one attached hydrogen (secondary N) is 1. The maximum Gasteiger partial charge on any atom is 0.312 e.